The van der Waals surface area contributed by atoms with E-state index >= 15 is 4.39 Å². The van der Waals surface area contributed by atoms with Crippen LogP contribution in [0.3, 0.4) is 0 Å². The van der Waals surface area contributed by atoms with Gasteiger partial charge in [-0.05, 0) is 80.1 Å². The zero-order valence-electron chi connectivity index (χ0n) is 14.9. The quantitative estimate of drug-likeness (QED) is 0.577. The lowest BCUT2D eigenvalue weighted by atomic mass is 9.44. The van der Waals surface area contributed by atoms with Gasteiger partial charge < -0.3 is 0 Å². The zero-order chi connectivity index (χ0) is 16.4. The van der Waals surface area contributed by atoms with Crippen LogP contribution in [0.4, 0.5) is 4.39 Å². The second-order valence-electron chi connectivity index (χ2n) is 9.47. The molecule has 4 unspecified atom stereocenters. The molecule has 4 rings (SSSR count). The van der Waals surface area contributed by atoms with E-state index in [0.717, 1.165) is 32.1 Å². The molecule has 0 aliphatic heterocycles. The van der Waals surface area contributed by atoms with Gasteiger partial charge in [0.1, 0.15) is 6.17 Å². The highest BCUT2D eigenvalue weighted by molar-refractivity contribution is 5.91. The van der Waals surface area contributed by atoms with Crippen molar-refractivity contribution in [2.24, 2.45) is 34.5 Å². The summed E-state index contributed by atoms with van der Waals surface area (Å²) < 4.78 is 15.1. The number of hydrogen-bond donors (Lipinski definition) is 0. The summed E-state index contributed by atoms with van der Waals surface area (Å²) in [5, 5.41) is 0. The van der Waals surface area contributed by atoms with E-state index in [2.05, 4.69) is 20.8 Å². The molecule has 2 heteroatoms. The van der Waals surface area contributed by atoms with Crippen LogP contribution in [0.15, 0.2) is 11.6 Å². The first-order chi connectivity index (χ1) is 10.9. The van der Waals surface area contributed by atoms with Gasteiger partial charge in [-0.3, -0.25) is 4.79 Å². The third-order valence-electron chi connectivity index (χ3n) is 8.46. The molecule has 0 aromatic carbocycles. The van der Waals surface area contributed by atoms with Gasteiger partial charge in [0.15, 0.2) is 5.78 Å². The highest BCUT2D eigenvalue weighted by Crippen LogP contribution is 2.65. The van der Waals surface area contributed by atoms with E-state index in [-0.39, 0.29) is 16.7 Å². The molecule has 23 heavy (non-hydrogen) atoms. The molecular weight excluding hydrogens is 287 g/mol. The van der Waals surface area contributed by atoms with Crippen LogP contribution in [0.5, 0.6) is 0 Å². The number of fused-ring (bicyclic) bond motifs is 5. The molecule has 4 aliphatic carbocycles. The van der Waals surface area contributed by atoms with Gasteiger partial charge in [-0.2, -0.15) is 0 Å². The van der Waals surface area contributed by atoms with Crippen molar-refractivity contribution < 1.29 is 9.18 Å². The largest absolute Gasteiger partial charge is 0.295 e. The third kappa shape index (κ3) is 2.12. The minimum Gasteiger partial charge on any atom is -0.295 e. The number of rotatable bonds is 0. The molecule has 0 N–H and O–H groups in total. The van der Waals surface area contributed by atoms with E-state index in [1.54, 1.807) is 0 Å². The van der Waals surface area contributed by atoms with E-state index in [1.807, 2.05) is 6.08 Å². The van der Waals surface area contributed by atoms with E-state index in [4.69, 9.17) is 0 Å². The molecule has 0 spiro atoms. The molecule has 0 aromatic rings. The average molecular weight is 318 g/mol. The predicted molar refractivity (Wildman–Crippen MR) is 90.8 cm³/mol. The Bertz CT molecular complexity index is 552. The number of carbonyl (C=O) groups excluding carboxylic acids is 1. The molecule has 4 aliphatic rings. The number of allylic oxidation sites excluding steroid dienone is 2. The molecule has 0 amide bonds. The summed E-state index contributed by atoms with van der Waals surface area (Å²) in [5.41, 5.74) is 1.54. The lowest BCUT2D eigenvalue weighted by Crippen LogP contribution is -2.56. The van der Waals surface area contributed by atoms with Crippen molar-refractivity contribution in [3.8, 4) is 0 Å². The van der Waals surface area contributed by atoms with Crippen molar-refractivity contribution in [2.45, 2.75) is 78.3 Å². The Morgan fingerprint density at radius 2 is 1.83 bits per heavy atom. The maximum Gasteiger partial charge on any atom is 0.155 e. The van der Waals surface area contributed by atoms with Crippen molar-refractivity contribution in [1.29, 1.82) is 0 Å². The Morgan fingerprint density at radius 3 is 2.61 bits per heavy atom. The number of carbonyl (C=O) groups is 1. The SMILES string of the molecule is CC1CCC2C3CCC4=CC(=O)CC[C@]4(C)C3CC[C@]2(C)[C@H]1F. The first-order valence-electron chi connectivity index (χ1n) is 9.74. The second-order valence-corrected chi connectivity index (χ2v) is 9.47. The summed E-state index contributed by atoms with van der Waals surface area (Å²) in [5.74, 6) is 2.47. The van der Waals surface area contributed by atoms with Crippen molar-refractivity contribution >= 4 is 5.78 Å². The number of alkyl halides is 1. The highest BCUT2D eigenvalue weighted by Gasteiger charge is 2.58. The van der Waals surface area contributed by atoms with Crippen LogP contribution in [0.1, 0.15) is 72.1 Å². The third-order valence-corrected chi connectivity index (χ3v) is 8.46. The van der Waals surface area contributed by atoms with Crippen molar-refractivity contribution in [3.63, 3.8) is 0 Å². The zero-order valence-corrected chi connectivity index (χ0v) is 14.9. The molecule has 3 saturated carbocycles. The summed E-state index contributed by atoms with van der Waals surface area (Å²) in [6.07, 6.45) is 9.81. The van der Waals surface area contributed by atoms with Gasteiger partial charge in [-0.25, -0.2) is 4.39 Å². The molecule has 0 radical (unpaired) electrons. The lowest BCUT2D eigenvalue weighted by Gasteiger charge is -2.61. The Hall–Kier alpha value is -0.660. The average Bonchev–Trinajstić information content (AvgIpc) is 2.52. The molecule has 0 aromatic heterocycles. The standard InChI is InChI=1S/C21H31FO/c1-13-4-7-17-16-6-5-14-12-15(23)8-10-20(14,2)18(16)9-11-21(17,3)19(13)22/h12-13,16-19H,4-11H2,1-3H3/t13?,16?,17?,18?,19-,20-,21-/m0/s1. The maximum atomic E-state index is 15.1. The monoisotopic (exact) mass is 318 g/mol. The van der Waals surface area contributed by atoms with Gasteiger partial charge in [-0.15, -0.1) is 0 Å². The highest BCUT2D eigenvalue weighted by atomic mass is 19.1. The maximum absolute atomic E-state index is 15.1. The molecule has 3 fully saturated rings. The summed E-state index contributed by atoms with van der Waals surface area (Å²) in [6, 6.07) is 0. The second kappa shape index (κ2) is 5.17. The van der Waals surface area contributed by atoms with E-state index in [9.17, 15) is 4.79 Å². The van der Waals surface area contributed by atoms with Crippen LogP contribution < -0.4 is 0 Å². The molecule has 1 nitrogen and oxygen atoms in total. The Balaban J connectivity index is 1.67. The minimum atomic E-state index is -0.625. The summed E-state index contributed by atoms with van der Waals surface area (Å²) in [6.45, 7) is 6.75. The van der Waals surface area contributed by atoms with Crippen LogP contribution in [0.25, 0.3) is 0 Å². The van der Waals surface area contributed by atoms with Gasteiger partial charge >= 0.3 is 0 Å². The first-order valence-corrected chi connectivity index (χ1v) is 9.74. The predicted octanol–water partition coefficient (Wildman–Crippen LogP) is 5.49. The molecule has 0 bridgehead atoms. The fourth-order valence-corrected chi connectivity index (χ4v) is 7.03. The van der Waals surface area contributed by atoms with E-state index in [1.165, 1.54) is 18.4 Å². The summed E-state index contributed by atoms with van der Waals surface area (Å²) in [7, 11) is 0. The molecule has 7 atom stereocenters. The smallest absolute Gasteiger partial charge is 0.155 e. The van der Waals surface area contributed by atoms with Gasteiger partial charge in [0.25, 0.3) is 0 Å². The van der Waals surface area contributed by atoms with Gasteiger partial charge in [0.2, 0.25) is 0 Å². The summed E-state index contributed by atoms with van der Waals surface area (Å²) >= 11 is 0. The van der Waals surface area contributed by atoms with Crippen molar-refractivity contribution in [1.82, 2.24) is 0 Å². The Kier molecular flexibility index (Phi) is 3.56. The minimum absolute atomic E-state index is 0.0963. The normalized spacial score (nSPS) is 53.0. The first kappa shape index (κ1) is 15.8. The van der Waals surface area contributed by atoms with Gasteiger partial charge in [0, 0.05) is 11.8 Å². The topological polar surface area (TPSA) is 17.1 Å². The van der Waals surface area contributed by atoms with E-state index < -0.39 is 6.17 Å². The Labute approximate surface area is 140 Å². The van der Waals surface area contributed by atoms with E-state index in [0.29, 0.717) is 30.0 Å². The van der Waals surface area contributed by atoms with Crippen LogP contribution in [-0.2, 0) is 4.79 Å². The van der Waals surface area contributed by atoms with Crippen LogP contribution in [0, 0.1) is 34.5 Å². The van der Waals surface area contributed by atoms with Gasteiger partial charge in [0.05, 0.1) is 0 Å². The summed E-state index contributed by atoms with van der Waals surface area (Å²) in [4.78, 5) is 11.9. The molecule has 128 valence electrons. The Morgan fingerprint density at radius 1 is 1.04 bits per heavy atom. The fraction of sp³-hybridized carbons (Fsp3) is 0.857. The molecule has 0 saturated heterocycles. The lowest BCUT2D eigenvalue weighted by molar-refractivity contribution is -0.128. The number of halogens is 1. The van der Waals surface area contributed by atoms with Crippen LogP contribution >= 0.6 is 0 Å². The number of ketones is 1. The van der Waals surface area contributed by atoms with Gasteiger partial charge in [-0.1, -0.05) is 26.3 Å². The molecule has 0 heterocycles. The van der Waals surface area contributed by atoms with Crippen molar-refractivity contribution in [2.75, 3.05) is 0 Å². The molecular formula is C21H31FO. The fourth-order valence-electron chi connectivity index (χ4n) is 7.03. The van der Waals surface area contributed by atoms with Crippen molar-refractivity contribution in [3.05, 3.63) is 11.6 Å². The number of hydrogen-bond acceptors (Lipinski definition) is 1. The van der Waals surface area contributed by atoms with Crippen LogP contribution in [-0.4, -0.2) is 12.0 Å². The van der Waals surface area contributed by atoms with Crippen LogP contribution in [0.2, 0.25) is 0 Å².